The van der Waals surface area contributed by atoms with E-state index >= 15 is 0 Å². The number of rotatable bonds is 5. The van der Waals surface area contributed by atoms with Gasteiger partial charge in [0.25, 0.3) is 0 Å². The fourth-order valence-electron chi connectivity index (χ4n) is 1.14. The first kappa shape index (κ1) is 15.3. The van der Waals surface area contributed by atoms with E-state index < -0.39 is 31.6 Å². The second-order valence-corrected chi connectivity index (χ2v) is 4.31. The van der Waals surface area contributed by atoms with Gasteiger partial charge in [0.05, 0.1) is 18.1 Å². The first-order valence-electron chi connectivity index (χ1n) is 4.92. The Balaban J connectivity index is 2.48. The number of hydrogen-bond acceptors (Lipinski definition) is 2. The number of Topliss-reactive ketones (excluding diaryl/α,β-unsaturated/α-hetero) is 1. The summed E-state index contributed by atoms with van der Waals surface area (Å²) < 4.78 is 40.1. The maximum Gasteiger partial charge on any atom is 0.391 e. The molecule has 1 rings (SSSR count). The van der Waals surface area contributed by atoms with Crippen molar-refractivity contribution in [1.29, 1.82) is 0 Å². The van der Waals surface area contributed by atoms with Crippen LogP contribution in [-0.4, -0.2) is 25.2 Å². The van der Waals surface area contributed by atoms with Crippen LogP contribution in [0.15, 0.2) is 18.2 Å². The zero-order valence-corrected chi connectivity index (χ0v) is 10.6. The summed E-state index contributed by atoms with van der Waals surface area (Å²) in [6.07, 6.45) is -5.39. The van der Waals surface area contributed by atoms with Gasteiger partial charge in [-0.3, -0.25) is 4.79 Å². The van der Waals surface area contributed by atoms with Gasteiger partial charge in [0.1, 0.15) is 6.61 Å². The highest BCUT2D eigenvalue weighted by molar-refractivity contribution is 6.35. The molecule has 0 fully saturated rings. The summed E-state index contributed by atoms with van der Waals surface area (Å²) in [5.41, 5.74) is 0.135. The summed E-state index contributed by atoms with van der Waals surface area (Å²) in [6.45, 7) is -1.02. The molecule has 1 aromatic carbocycles. The summed E-state index contributed by atoms with van der Waals surface area (Å²) in [5, 5.41) is 0.502. The van der Waals surface area contributed by atoms with Crippen LogP contribution in [0, 0.1) is 0 Å². The third-order valence-corrected chi connectivity index (χ3v) is 2.56. The van der Waals surface area contributed by atoms with Gasteiger partial charge in [-0.1, -0.05) is 23.2 Å². The predicted octanol–water partition coefficient (Wildman–Crippen LogP) is 4.15. The minimum Gasteiger partial charge on any atom is -0.373 e. The highest BCUT2D eigenvalue weighted by Gasteiger charge is 2.26. The molecule has 0 saturated carbocycles. The van der Waals surface area contributed by atoms with Crippen LogP contribution in [0.4, 0.5) is 13.2 Å². The highest BCUT2D eigenvalue weighted by atomic mass is 35.5. The van der Waals surface area contributed by atoms with E-state index in [9.17, 15) is 18.0 Å². The second-order valence-electron chi connectivity index (χ2n) is 3.47. The van der Waals surface area contributed by atoms with Gasteiger partial charge in [-0.05, 0) is 18.2 Å². The van der Waals surface area contributed by atoms with Crippen molar-refractivity contribution >= 4 is 29.0 Å². The fraction of sp³-hybridized carbons (Fsp3) is 0.364. The third kappa shape index (κ3) is 5.25. The lowest BCUT2D eigenvalue weighted by molar-refractivity contribution is -0.144. The van der Waals surface area contributed by atoms with Gasteiger partial charge in [0.2, 0.25) is 0 Å². The van der Waals surface area contributed by atoms with Crippen molar-refractivity contribution in [2.24, 2.45) is 0 Å². The molecule has 100 valence electrons. The first-order chi connectivity index (χ1) is 8.29. The van der Waals surface area contributed by atoms with Crippen LogP contribution in [0.3, 0.4) is 0 Å². The molecule has 0 aliphatic carbocycles. The summed E-state index contributed by atoms with van der Waals surface area (Å²) >= 11 is 11.4. The molecule has 7 heteroatoms. The predicted molar refractivity (Wildman–Crippen MR) is 62.3 cm³/mol. The number of carbonyl (C=O) groups is 1. The summed E-state index contributed by atoms with van der Waals surface area (Å²) in [4.78, 5) is 11.6. The van der Waals surface area contributed by atoms with Crippen LogP contribution < -0.4 is 0 Å². The summed E-state index contributed by atoms with van der Waals surface area (Å²) in [5.74, 6) is -0.510. The minimum atomic E-state index is -4.29. The zero-order valence-electron chi connectivity index (χ0n) is 9.06. The van der Waals surface area contributed by atoms with Gasteiger partial charge >= 0.3 is 6.18 Å². The van der Waals surface area contributed by atoms with E-state index in [0.29, 0.717) is 5.02 Å². The molecule has 0 radical (unpaired) electrons. The quantitative estimate of drug-likeness (QED) is 0.603. The van der Waals surface area contributed by atoms with E-state index in [1.165, 1.54) is 18.2 Å². The summed E-state index contributed by atoms with van der Waals surface area (Å²) in [7, 11) is 0. The molecule has 0 amide bonds. The van der Waals surface area contributed by atoms with Crippen molar-refractivity contribution in [3.05, 3.63) is 33.8 Å². The molecule has 0 spiro atoms. The molecule has 0 bridgehead atoms. The lowest BCUT2D eigenvalue weighted by Crippen LogP contribution is -2.15. The number of benzene rings is 1. The van der Waals surface area contributed by atoms with E-state index in [4.69, 9.17) is 23.2 Å². The Morgan fingerprint density at radius 3 is 2.56 bits per heavy atom. The zero-order chi connectivity index (χ0) is 13.8. The minimum absolute atomic E-state index is 0.135. The lowest BCUT2D eigenvalue weighted by Gasteiger charge is -2.07. The largest absolute Gasteiger partial charge is 0.391 e. The molecular weight excluding hydrogens is 292 g/mol. The van der Waals surface area contributed by atoms with Crippen molar-refractivity contribution < 1.29 is 22.7 Å². The van der Waals surface area contributed by atoms with E-state index in [1.807, 2.05) is 0 Å². The molecule has 18 heavy (non-hydrogen) atoms. The van der Waals surface area contributed by atoms with Crippen LogP contribution in [0.1, 0.15) is 16.8 Å². The average Bonchev–Trinajstić information content (AvgIpc) is 2.26. The molecule has 0 heterocycles. The van der Waals surface area contributed by atoms with Gasteiger partial charge in [0.15, 0.2) is 5.78 Å². The monoisotopic (exact) mass is 300 g/mol. The summed E-state index contributed by atoms with van der Waals surface area (Å²) in [6, 6.07) is 4.29. The molecule has 2 nitrogen and oxygen atoms in total. The van der Waals surface area contributed by atoms with Gasteiger partial charge in [0, 0.05) is 10.6 Å². The van der Waals surface area contributed by atoms with E-state index in [0.717, 1.165) is 0 Å². The van der Waals surface area contributed by atoms with Crippen LogP contribution in [-0.2, 0) is 4.74 Å². The van der Waals surface area contributed by atoms with Crippen LogP contribution in [0.2, 0.25) is 10.0 Å². The number of ether oxygens (including phenoxy) is 1. The maximum absolute atomic E-state index is 11.8. The van der Waals surface area contributed by atoms with E-state index in [2.05, 4.69) is 4.74 Å². The molecule has 0 aliphatic rings. The van der Waals surface area contributed by atoms with Crippen LogP contribution in [0.5, 0.6) is 0 Å². The standard InChI is InChI=1S/C11H9Cl2F3O2/c12-7-1-2-9(13)8(5-7)10(17)6-18-4-3-11(14,15)16/h1-2,5H,3-4,6H2. The topological polar surface area (TPSA) is 26.3 Å². The normalized spacial score (nSPS) is 11.6. The fourth-order valence-corrected chi connectivity index (χ4v) is 1.54. The van der Waals surface area contributed by atoms with Gasteiger partial charge in [-0.25, -0.2) is 0 Å². The Morgan fingerprint density at radius 2 is 1.94 bits per heavy atom. The number of halogens is 5. The number of hydrogen-bond donors (Lipinski definition) is 0. The molecule has 1 aromatic rings. The molecular formula is C11H9Cl2F3O2. The van der Waals surface area contributed by atoms with Crippen LogP contribution >= 0.6 is 23.2 Å². The van der Waals surface area contributed by atoms with E-state index in [1.54, 1.807) is 0 Å². The highest BCUT2D eigenvalue weighted by Crippen LogP contribution is 2.22. The SMILES string of the molecule is O=C(COCCC(F)(F)F)c1cc(Cl)ccc1Cl. The Bertz CT molecular complexity index is 433. The van der Waals surface area contributed by atoms with Gasteiger partial charge in [-0.15, -0.1) is 0 Å². The Hall–Kier alpha value is -0.780. The van der Waals surface area contributed by atoms with Crippen molar-refractivity contribution in [3.8, 4) is 0 Å². The number of alkyl halides is 3. The number of carbonyl (C=O) groups excluding carboxylic acids is 1. The van der Waals surface area contributed by atoms with Gasteiger partial charge < -0.3 is 4.74 Å². The Morgan fingerprint density at radius 1 is 1.28 bits per heavy atom. The smallest absolute Gasteiger partial charge is 0.373 e. The molecule has 0 aliphatic heterocycles. The molecule has 0 N–H and O–H groups in total. The second kappa shape index (κ2) is 6.41. The van der Waals surface area contributed by atoms with Crippen molar-refractivity contribution in [3.63, 3.8) is 0 Å². The number of ketones is 1. The van der Waals surface area contributed by atoms with Crippen molar-refractivity contribution in [2.45, 2.75) is 12.6 Å². The lowest BCUT2D eigenvalue weighted by atomic mass is 10.1. The van der Waals surface area contributed by atoms with Crippen molar-refractivity contribution in [1.82, 2.24) is 0 Å². The first-order valence-corrected chi connectivity index (χ1v) is 5.68. The third-order valence-electron chi connectivity index (χ3n) is 1.99. The molecule has 0 aromatic heterocycles. The Labute approximate surface area is 112 Å². The van der Waals surface area contributed by atoms with Gasteiger partial charge in [-0.2, -0.15) is 13.2 Å². The molecule has 0 atom stereocenters. The Kier molecular flexibility index (Phi) is 5.44. The maximum atomic E-state index is 11.8. The van der Waals surface area contributed by atoms with Crippen LogP contribution in [0.25, 0.3) is 0 Å². The van der Waals surface area contributed by atoms with Crippen molar-refractivity contribution in [2.75, 3.05) is 13.2 Å². The van der Waals surface area contributed by atoms with E-state index in [-0.39, 0.29) is 10.6 Å². The average molecular weight is 301 g/mol. The molecule has 0 saturated heterocycles. The molecule has 0 unspecified atom stereocenters.